The minimum Gasteiger partial charge on any atom is -0.497 e. The van der Waals surface area contributed by atoms with Gasteiger partial charge >= 0.3 is 5.97 Å². The largest absolute Gasteiger partial charge is 0.497 e. The number of nitrogens with zero attached hydrogens (tertiary/aromatic N) is 1. The lowest BCUT2D eigenvalue weighted by molar-refractivity contribution is -0.116. The maximum absolute atomic E-state index is 12.5. The predicted octanol–water partition coefficient (Wildman–Crippen LogP) is 3.67. The molecule has 4 rings (SSSR count). The van der Waals surface area contributed by atoms with Crippen LogP contribution in [-0.4, -0.2) is 35.8 Å². The number of nitrogens with one attached hydrogen (secondary N) is 1. The molecule has 0 fully saturated rings. The number of aromatic nitrogens is 1. The summed E-state index contributed by atoms with van der Waals surface area (Å²) in [6.07, 6.45) is 1.71. The SMILES string of the molecule is COc1ccc(OC)c([C@@H]2CC(=O)Nc3c(C(=O)O)cn(-c4ccccc4)c32)c1. The molecule has 148 valence electrons. The number of carboxylic acid groups (broad SMARTS) is 1. The summed E-state index contributed by atoms with van der Waals surface area (Å²) < 4.78 is 12.7. The van der Waals surface area contributed by atoms with Gasteiger partial charge in [0.1, 0.15) is 17.1 Å². The number of carbonyl (C=O) groups is 2. The highest BCUT2D eigenvalue weighted by molar-refractivity contribution is 6.04. The molecule has 3 aromatic rings. The number of ether oxygens (including phenoxy) is 2. The number of benzene rings is 2. The third kappa shape index (κ3) is 3.20. The van der Waals surface area contributed by atoms with Crippen molar-refractivity contribution in [2.45, 2.75) is 12.3 Å². The number of carboxylic acids is 1. The second kappa shape index (κ2) is 7.35. The molecular formula is C22H20N2O5. The minimum atomic E-state index is -1.10. The van der Waals surface area contributed by atoms with Crippen LogP contribution in [-0.2, 0) is 4.79 Å². The summed E-state index contributed by atoms with van der Waals surface area (Å²) >= 11 is 0. The van der Waals surface area contributed by atoms with Gasteiger partial charge in [-0.1, -0.05) is 18.2 Å². The van der Waals surface area contributed by atoms with Crippen LogP contribution >= 0.6 is 0 Å². The summed E-state index contributed by atoms with van der Waals surface area (Å²) in [5.41, 5.74) is 2.62. The van der Waals surface area contributed by atoms with E-state index in [0.29, 0.717) is 22.9 Å². The van der Waals surface area contributed by atoms with E-state index in [0.717, 1.165) is 11.3 Å². The highest BCUT2D eigenvalue weighted by Crippen LogP contribution is 2.45. The Balaban J connectivity index is 2.00. The Labute approximate surface area is 167 Å². The topological polar surface area (TPSA) is 89.8 Å². The van der Waals surface area contributed by atoms with Crippen LogP contribution < -0.4 is 14.8 Å². The Bertz CT molecular complexity index is 1090. The van der Waals surface area contributed by atoms with Gasteiger partial charge < -0.3 is 24.5 Å². The van der Waals surface area contributed by atoms with Crippen molar-refractivity contribution in [3.05, 3.63) is 71.5 Å². The molecule has 0 saturated carbocycles. The van der Waals surface area contributed by atoms with E-state index in [-0.39, 0.29) is 17.9 Å². The van der Waals surface area contributed by atoms with E-state index in [1.54, 1.807) is 32.5 Å². The van der Waals surface area contributed by atoms with Crippen LogP contribution in [0.4, 0.5) is 5.69 Å². The highest BCUT2D eigenvalue weighted by Gasteiger charge is 2.35. The van der Waals surface area contributed by atoms with Crippen molar-refractivity contribution >= 4 is 17.6 Å². The number of fused-ring (bicyclic) bond motifs is 1. The molecule has 2 aromatic carbocycles. The molecule has 1 aromatic heterocycles. The molecule has 1 atom stereocenters. The van der Waals surface area contributed by atoms with Crippen molar-refractivity contribution in [2.75, 3.05) is 19.5 Å². The van der Waals surface area contributed by atoms with E-state index in [9.17, 15) is 14.7 Å². The highest BCUT2D eigenvalue weighted by atomic mass is 16.5. The van der Waals surface area contributed by atoms with Crippen LogP contribution in [0.5, 0.6) is 11.5 Å². The van der Waals surface area contributed by atoms with Crippen LogP contribution in [0.25, 0.3) is 5.69 Å². The quantitative estimate of drug-likeness (QED) is 0.692. The maximum Gasteiger partial charge on any atom is 0.339 e. The molecule has 7 nitrogen and oxygen atoms in total. The fraction of sp³-hybridized carbons (Fsp3) is 0.182. The molecule has 0 unspecified atom stereocenters. The minimum absolute atomic E-state index is 0.0452. The number of rotatable bonds is 5. The molecule has 0 bridgehead atoms. The van der Waals surface area contributed by atoms with Crippen molar-refractivity contribution in [1.82, 2.24) is 4.57 Å². The van der Waals surface area contributed by atoms with Gasteiger partial charge in [-0.05, 0) is 30.3 Å². The first-order chi connectivity index (χ1) is 14.0. The van der Waals surface area contributed by atoms with Crippen molar-refractivity contribution in [3.8, 4) is 17.2 Å². The van der Waals surface area contributed by atoms with Gasteiger partial charge in [-0.3, -0.25) is 4.79 Å². The van der Waals surface area contributed by atoms with Gasteiger partial charge in [0.05, 0.1) is 25.6 Å². The third-order valence-electron chi connectivity index (χ3n) is 5.10. The van der Waals surface area contributed by atoms with Crippen molar-refractivity contribution < 1.29 is 24.2 Å². The Hall–Kier alpha value is -3.74. The number of hydrogen-bond acceptors (Lipinski definition) is 4. The lowest BCUT2D eigenvalue weighted by Gasteiger charge is -2.27. The number of methoxy groups -OCH3 is 2. The Morgan fingerprint density at radius 3 is 2.55 bits per heavy atom. The second-order valence-electron chi connectivity index (χ2n) is 6.73. The van der Waals surface area contributed by atoms with Gasteiger partial charge in [0.15, 0.2) is 0 Å². The average molecular weight is 392 g/mol. The molecule has 0 spiro atoms. The van der Waals surface area contributed by atoms with Crippen LogP contribution in [0.15, 0.2) is 54.7 Å². The van der Waals surface area contributed by atoms with Gasteiger partial charge in [-0.2, -0.15) is 0 Å². The monoisotopic (exact) mass is 392 g/mol. The Kier molecular flexibility index (Phi) is 4.72. The average Bonchev–Trinajstić information content (AvgIpc) is 3.13. The molecule has 2 N–H and O–H groups in total. The fourth-order valence-corrected chi connectivity index (χ4v) is 3.80. The lowest BCUT2D eigenvalue weighted by Crippen LogP contribution is -2.25. The summed E-state index contributed by atoms with van der Waals surface area (Å²) in [7, 11) is 3.13. The zero-order chi connectivity index (χ0) is 20.5. The van der Waals surface area contributed by atoms with E-state index >= 15 is 0 Å². The number of para-hydroxylation sites is 1. The van der Waals surface area contributed by atoms with Gasteiger partial charge in [-0.25, -0.2) is 4.79 Å². The first-order valence-electron chi connectivity index (χ1n) is 9.09. The van der Waals surface area contributed by atoms with Crippen LogP contribution in [0.2, 0.25) is 0 Å². The van der Waals surface area contributed by atoms with E-state index < -0.39 is 11.9 Å². The van der Waals surface area contributed by atoms with Gasteiger partial charge in [0.25, 0.3) is 0 Å². The normalized spacial score (nSPS) is 15.4. The fourth-order valence-electron chi connectivity index (χ4n) is 3.80. The summed E-state index contributed by atoms with van der Waals surface area (Å²) in [5.74, 6) is -0.522. The molecule has 1 amide bonds. The van der Waals surface area contributed by atoms with Crippen molar-refractivity contribution in [1.29, 1.82) is 0 Å². The third-order valence-corrected chi connectivity index (χ3v) is 5.10. The zero-order valence-corrected chi connectivity index (χ0v) is 16.0. The summed E-state index contributed by atoms with van der Waals surface area (Å²) in [6, 6.07) is 14.8. The lowest BCUT2D eigenvalue weighted by atomic mass is 9.87. The second-order valence-corrected chi connectivity index (χ2v) is 6.73. The maximum atomic E-state index is 12.5. The van der Waals surface area contributed by atoms with Crippen molar-refractivity contribution in [2.24, 2.45) is 0 Å². The molecule has 0 saturated heterocycles. The van der Waals surface area contributed by atoms with Gasteiger partial charge in [-0.15, -0.1) is 0 Å². The molecular weight excluding hydrogens is 372 g/mol. The number of anilines is 1. The number of carbonyl (C=O) groups excluding carboxylic acids is 1. The van der Waals surface area contributed by atoms with Gasteiger partial charge in [0.2, 0.25) is 5.91 Å². The Morgan fingerprint density at radius 2 is 1.90 bits per heavy atom. The van der Waals surface area contributed by atoms with E-state index in [2.05, 4.69) is 5.32 Å². The number of hydrogen-bond donors (Lipinski definition) is 2. The molecule has 7 heteroatoms. The van der Waals surface area contributed by atoms with E-state index in [4.69, 9.17) is 9.47 Å². The van der Waals surface area contributed by atoms with E-state index in [1.807, 2.05) is 41.0 Å². The molecule has 0 aliphatic carbocycles. The first kappa shape index (κ1) is 18.6. The zero-order valence-electron chi connectivity index (χ0n) is 16.0. The summed E-state index contributed by atoms with van der Waals surface area (Å²) in [6.45, 7) is 0. The standard InChI is InChI=1S/C22H20N2O5/c1-28-14-8-9-18(29-2)15(10-14)16-11-19(25)23-20-17(22(26)27)12-24(21(16)20)13-6-4-3-5-7-13/h3-10,12,16H,11H2,1-2H3,(H,23,25)(H,26,27)/t16-/m0/s1. The van der Waals surface area contributed by atoms with Crippen LogP contribution in [0, 0.1) is 0 Å². The predicted molar refractivity (Wildman–Crippen MR) is 107 cm³/mol. The molecule has 1 aliphatic rings. The van der Waals surface area contributed by atoms with Gasteiger partial charge in [0, 0.05) is 29.8 Å². The number of amides is 1. The molecule has 2 heterocycles. The summed E-state index contributed by atoms with van der Waals surface area (Å²) in [4.78, 5) is 24.4. The summed E-state index contributed by atoms with van der Waals surface area (Å²) in [5, 5.41) is 12.5. The van der Waals surface area contributed by atoms with Crippen molar-refractivity contribution in [3.63, 3.8) is 0 Å². The molecule has 29 heavy (non-hydrogen) atoms. The Morgan fingerprint density at radius 1 is 1.14 bits per heavy atom. The number of aromatic carboxylic acids is 1. The van der Waals surface area contributed by atoms with E-state index in [1.165, 1.54) is 0 Å². The van der Waals surface area contributed by atoms with Crippen LogP contribution in [0.1, 0.15) is 34.0 Å². The molecule has 0 radical (unpaired) electrons. The molecule has 1 aliphatic heterocycles. The van der Waals surface area contributed by atoms with Crippen LogP contribution in [0.3, 0.4) is 0 Å². The smallest absolute Gasteiger partial charge is 0.339 e. The first-order valence-corrected chi connectivity index (χ1v) is 9.09.